The maximum atomic E-state index is 12.9. The lowest BCUT2D eigenvalue weighted by atomic mass is 9.92. The third-order valence-corrected chi connectivity index (χ3v) is 7.58. The van der Waals surface area contributed by atoms with Crippen LogP contribution in [0.15, 0.2) is 26.9 Å². The van der Waals surface area contributed by atoms with Crippen LogP contribution >= 0.6 is 11.3 Å². The highest BCUT2D eigenvalue weighted by molar-refractivity contribution is 7.93. The van der Waals surface area contributed by atoms with Gasteiger partial charge in [0.15, 0.2) is 9.92 Å². The second-order valence-corrected chi connectivity index (χ2v) is 11.3. The summed E-state index contributed by atoms with van der Waals surface area (Å²) in [6.07, 6.45) is 1.21. The summed E-state index contributed by atoms with van der Waals surface area (Å²) in [7, 11) is -3.63. The van der Waals surface area contributed by atoms with E-state index in [-0.39, 0.29) is 26.8 Å². The van der Waals surface area contributed by atoms with Crippen LogP contribution in [-0.2, 0) is 15.5 Å². The smallest absolute Gasteiger partial charge is 0.387 e. The van der Waals surface area contributed by atoms with E-state index in [1.165, 1.54) is 32.2 Å². The molecule has 0 aliphatic rings. The van der Waals surface area contributed by atoms with Gasteiger partial charge in [-0.1, -0.05) is 27.7 Å². The Morgan fingerprint density at radius 1 is 1.25 bits per heavy atom. The molecule has 0 saturated heterocycles. The number of anilines is 1. The normalized spacial score (nSPS) is 14.0. The molecule has 0 saturated carbocycles. The van der Waals surface area contributed by atoms with Crippen molar-refractivity contribution in [2.75, 3.05) is 5.32 Å². The number of hydrogen-bond acceptors (Lipinski definition) is 6. The number of aromatic nitrogens is 1. The maximum absolute atomic E-state index is 12.9. The molecule has 0 aliphatic heterocycles. The molecule has 2 amide bonds. The van der Waals surface area contributed by atoms with Crippen LogP contribution in [0.3, 0.4) is 0 Å². The number of nitrogens with two attached hydrogens (primary N) is 1. The number of nitrogens with one attached hydrogen (secondary N) is 1. The van der Waals surface area contributed by atoms with E-state index < -0.39 is 28.2 Å². The minimum atomic E-state index is -3.63. The molecule has 0 aliphatic carbocycles. The number of urea groups is 1. The summed E-state index contributed by atoms with van der Waals surface area (Å²) >= 11 is 0.896. The molecule has 1 heterocycles. The summed E-state index contributed by atoms with van der Waals surface area (Å²) in [6, 6.07) is 1.90. The van der Waals surface area contributed by atoms with Crippen molar-refractivity contribution in [2.45, 2.75) is 69.8 Å². The Bertz CT molecular complexity index is 1070. The van der Waals surface area contributed by atoms with E-state index in [2.05, 4.69) is 19.4 Å². The summed E-state index contributed by atoms with van der Waals surface area (Å²) in [6.45, 7) is 7.38. The first-order valence-electron chi connectivity index (χ1n) is 9.79. The zero-order valence-electron chi connectivity index (χ0n) is 18.7. The lowest BCUT2D eigenvalue weighted by Crippen LogP contribution is -2.18. The van der Waals surface area contributed by atoms with E-state index in [1.54, 1.807) is 0 Å². The van der Waals surface area contributed by atoms with Gasteiger partial charge in [-0.3, -0.25) is 0 Å². The van der Waals surface area contributed by atoms with Gasteiger partial charge in [0.1, 0.15) is 20.6 Å². The molecule has 4 N–H and O–H groups in total. The molecule has 2 rings (SSSR count). The van der Waals surface area contributed by atoms with Gasteiger partial charge < -0.3 is 15.2 Å². The Morgan fingerprint density at radius 3 is 2.19 bits per heavy atom. The van der Waals surface area contributed by atoms with E-state index in [0.29, 0.717) is 16.8 Å². The number of carbonyl (C=O) groups excluding carboxylic acids is 1. The number of amides is 2. The quantitative estimate of drug-likeness (QED) is 0.495. The molecule has 178 valence electrons. The summed E-state index contributed by atoms with van der Waals surface area (Å²) in [4.78, 5) is 16.7. The molecule has 0 spiro atoms. The third kappa shape index (κ3) is 6.44. The molecular formula is C20H28F2N4O4S2. The topological polar surface area (TPSA) is 127 Å². The molecule has 8 nitrogen and oxygen atoms in total. The maximum Gasteiger partial charge on any atom is 0.387 e. The number of thiazole rings is 1. The average Bonchev–Trinajstić information content (AvgIpc) is 3.12. The first-order chi connectivity index (χ1) is 14.6. The van der Waals surface area contributed by atoms with Crippen LogP contribution in [0.2, 0.25) is 0 Å². The Hall–Kier alpha value is -2.15. The van der Waals surface area contributed by atoms with Crippen molar-refractivity contribution in [1.82, 2.24) is 4.98 Å². The molecule has 1 atom stereocenters. The van der Waals surface area contributed by atoms with Gasteiger partial charge in [0.05, 0.1) is 6.20 Å². The van der Waals surface area contributed by atoms with E-state index in [1.807, 2.05) is 27.7 Å². The fourth-order valence-corrected chi connectivity index (χ4v) is 4.92. The van der Waals surface area contributed by atoms with Gasteiger partial charge in [-0.2, -0.15) is 8.78 Å². The van der Waals surface area contributed by atoms with Crippen molar-refractivity contribution in [3.63, 3.8) is 0 Å². The highest BCUT2D eigenvalue weighted by Gasteiger charge is 2.24. The summed E-state index contributed by atoms with van der Waals surface area (Å²) in [5.41, 5.74) is 0.227. The monoisotopic (exact) mass is 490 g/mol. The van der Waals surface area contributed by atoms with E-state index >= 15 is 0 Å². The SMILES string of the molecule is CC(C)c1cc(OC(F)F)cc(C(C)C)c1NC(=O)N=[S@](N)(=O)c1cnc(C(C)(C)O)s1. The van der Waals surface area contributed by atoms with Gasteiger partial charge in [0, 0.05) is 5.69 Å². The standard InChI is InChI=1S/C20H28F2N4O4S2/c1-10(2)13-7-12(30-18(21)22)8-14(11(3)4)16(13)25-19(27)26-32(23,29)15-9-24-17(31-15)20(5,6)28/h7-11,18,28H,1-6H3,(H3,23,25,26,27,29)/t32-/m0/s1. The lowest BCUT2D eigenvalue weighted by Gasteiger charge is -2.21. The van der Waals surface area contributed by atoms with Gasteiger partial charge >= 0.3 is 12.6 Å². The first kappa shape index (κ1) is 26.1. The van der Waals surface area contributed by atoms with Gasteiger partial charge in [-0.25, -0.2) is 19.1 Å². The number of ether oxygens (including phenoxy) is 1. The van der Waals surface area contributed by atoms with E-state index in [9.17, 15) is 22.9 Å². The third-order valence-electron chi connectivity index (χ3n) is 4.39. The molecule has 0 bridgehead atoms. The molecule has 2 aromatic rings. The van der Waals surface area contributed by atoms with Crippen LogP contribution < -0.4 is 15.2 Å². The van der Waals surface area contributed by atoms with Crippen molar-refractivity contribution in [1.29, 1.82) is 0 Å². The number of rotatable bonds is 7. The number of benzene rings is 1. The molecule has 0 unspecified atom stereocenters. The summed E-state index contributed by atoms with van der Waals surface area (Å²) in [5, 5.41) is 18.7. The van der Waals surface area contributed by atoms with Crippen LogP contribution in [-0.4, -0.2) is 26.9 Å². The Morgan fingerprint density at radius 2 is 1.78 bits per heavy atom. The van der Waals surface area contributed by atoms with E-state index in [4.69, 9.17) is 5.14 Å². The van der Waals surface area contributed by atoms with E-state index in [0.717, 1.165) is 11.3 Å². The second-order valence-electron chi connectivity index (χ2n) is 8.30. The number of aliphatic hydroxyl groups is 1. The van der Waals surface area contributed by atoms with Crippen molar-refractivity contribution in [3.8, 4) is 5.75 Å². The zero-order valence-corrected chi connectivity index (χ0v) is 20.3. The van der Waals surface area contributed by atoms with Crippen molar-refractivity contribution in [2.24, 2.45) is 9.50 Å². The Labute approximate surface area is 190 Å². The summed E-state index contributed by atoms with van der Waals surface area (Å²) < 4.78 is 46.6. The molecule has 12 heteroatoms. The highest BCUT2D eigenvalue weighted by atomic mass is 32.2. The minimum Gasteiger partial charge on any atom is -0.435 e. The minimum absolute atomic E-state index is 0.0197. The van der Waals surface area contributed by atoms with Crippen LogP contribution in [0.25, 0.3) is 0 Å². The highest BCUT2D eigenvalue weighted by Crippen LogP contribution is 2.37. The average molecular weight is 491 g/mol. The van der Waals surface area contributed by atoms with Crippen molar-refractivity contribution in [3.05, 3.63) is 34.5 Å². The van der Waals surface area contributed by atoms with Crippen LogP contribution in [0.4, 0.5) is 19.3 Å². The first-order valence-corrected chi connectivity index (χ1v) is 12.2. The molecule has 1 aromatic carbocycles. The molecule has 32 heavy (non-hydrogen) atoms. The van der Waals surface area contributed by atoms with Crippen molar-refractivity contribution >= 4 is 33.0 Å². The number of hydrogen-bond donors (Lipinski definition) is 3. The number of nitrogens with zero attached hydrogens (tertiary/aromatic N) is 2. The molecular weight excluding hydrogens is 462 g/mol. The number of halogens is 2. The zero-order chi connectivity index (χ0) is 24.4. The van der Waals surface area contributed by atoms with Gasteiger partial charge in [-0.05, 0) is 48.9 Å². The number of alkyl halides is 2. The van der Waals surface area contributed by atoms with Gasteiger partial charge in [-0.15, -0.1) is 15.7 Å². The van der Waals surface area contributed by atoms with Crippen LogP contribution in [0, 0.1) is 0 Å². The fraction of sp³-hybridized carbons (Fsp3) is 0.500. The molecule has 0 fully saturated rings. The molecule has 0 radical (unpaired) electrons. The Balaban J connectivity index is 2.47. The van der Waals surface area contributed by atoms with Gasteiger partial charge in [0.25, 0.3) is 0 Å². The second kappa shape index (κ2) is 9.77. The predicted octanol–water partition coefficient (Wildman–Crippen LogP) is 5.15. The number of carbonyl (C=O) groups is 1. The molecule has 1 aromatic heterocycles. The Kier molecular flexibility index (Phi) is 7.97. The van der Waals surface area contributed by atoms with Crippen LogP contribution in [0.1, 0.15) is 69.5 Å². The lowest BCUT2D eigenvalue weighted by molar-refractivity contribution is -0.0499. The van der Waals surface area contributed by atoms with Crippen molar-refractivity contribution < 1.29 is 27.6 Å². The van der Waals surface area contributed by atoms with Crippen LogP contribution in [0.5, 0.6) is 5.75 Å². The summed E-state index contributed by atoms with van der Waals surface area (Å²) in [5.74, 6) is -0.321. The fourth-order valence-electron chi connectivity index (χ4n) is 2.86. The van der Waals surface area contributed by atoms with Gasteiger partial charge in [0.2, 0.25) is 0 Å². The predicted molar refractivity (Wildman–Crippen MR) is 121 cm³/mol. The largest absolute Gasteiger partial charge is 0.435 e.